The number of nitrogens with zero attached hydrogens (tertiary/aromatic N) is 2. The van der Waals surface area contributed by atoms with Gasteiger partial charge in [0.05, 0.1) is 13.2 Å². The number of aliphatic hydroxyl groups is 3. The molecule has 0 unspecified atom stereocenters. The smallest absolute Gasteiger partial charge is 0.417 e. The molecule has 0 radical (unpaired) electrons. The predicted molar refractivity (Wildman–Crippen MR) is 227 cm³/mol. The zero-order chi connectivity index (χ0) is 41.5. The van der Waals surface area contributed by atoms with Crippen LogP contribution in [0.4, 0.5) is 4.79 Å². The molecule has 1 saturated heterocycles. The molecule has 11 heteroatoms. The zero-order valence-corrected chi connectivity index (χ0v) is 35.8. The number of hydrogen-bond donors (Lipinski definition) is 4. The molecule has 0 aromatic heterocycles. The van der Waals surface area contributed by atoms with E-state index < -0.39 is 55.7 Å². The van der Waals surface area contributed by atoms with Crippen molar-refractivity contribution in [2.24, 2.45) is 5.73 Å². The molecule has 0 saturated carbocycles. The number of amides is 3. The molecule has 1 heterocycles. The van der Waals surface area contributed by atoms with E-state index in [0.717, 1.165) is 38.5 Å². The third-order valence-electron chi connectivity index (χ3n) is 11.4. The second kappa shape index (κ2) is 32.3. The van der Waals surface area contributed by atoms with E-state index in [2.05, 4.69) is 13.8 Å². The third kappa shape index (κ3) is 20.3. The maximum Gasteiger partial charge on any atom is 0.417 e. The number of benzene rings is 1. The summed E-state index contributed by atoms with van der Waals surface area (Å²) in [7, 11) is 0. The van der Waals surface area contributed by atoms with Gasteiger partial charge in [-0.2, -0.15) is 0 Å². The summed E-state index contributed by atoms with van der Waals surface area (Å²) in [6, 6.07) is 7.43. The summed E-state index contributed by atoms with van der Waals surface area (Å²) in [6.45, 7) is 3.37. The van der Waals surface area contributed by atoms with Gasteiger partial charge in [0.2, 0.25) is 11.8 Å². The molecule has 0 aliphatic carbocycles. The largest absolute Gasteiger partial charge is 0.444 e. The number of nitrogens with two attached hydrogens (primary N) is 1. The lowest BCUT2D eigenvalue weighted by atomic mass is 9.93. The van der Waals surface area contributed by atoms with Crippen molar-refractivity contribution in [1.82, 2.24) is 9.80 Å². The second-order valence-corrected chi connectivity index (χ2v) is 16.2. The molecule has 1 fully saturated rings. The summed E-state index contributed by atoms with van der Waals surface area (Å²) >= 11 is 0. The quantitative estimate of drug-likeness (QED) is 0.0508. The molecule has 1 aliphatic rings. The Kier molecular flexibility index (Phi) is 28.7. The first-order valence-corrected chi connectivity index (χ1v) is 22.9. The fraction of sp³-hybridized carbons (Fsp3) is 0.804. The summed E-state index contributed by atoms with van der Waals surface area (Å²) in [5.41, 5.74) is 6.46. The number of carbonyl (C=O) groups is 3. The van der Waals surface area contributed by atoms with Crippen LogP contribution in [0.2, 0.25) is 0 Å². The van der Waals surface area contributed by atoms with E-state index in [0.29, 0.717) is 23.3 Å². The van der Waals surface area contributed by atoms with Crippen LogP contribution in [0.3, 0.4) is 0 Å². The van der Waals surface area contributed by atoms with Crippen molar-refractivity contribution in [1.29, 1.82) is 0 Å². The average molecular weight is 804 g/mol. The Morgan fingerprint density at radius 3 is 1.56 bits per heavy atom. The minimum absolute atomic E-state index is 0.148. The standard InChI is InChI=1S/C46H81N3O8/c1-3-5-7-9-11-13-15-16-17-18-19-20-22-24-29-33-40(51)48(34-30-25-23-21-14-12-10-8-6-4-2)45-42(44(54)43(53)39(36-50)57-45)49(41(52)35-47)46(55)56-37-38-31-27-26-28-32-38/h26-28,31-32,39,42-45,50,53-54H,3-25,29-30,33-37,47H2,1-2H3/t39-,42-,43+,44-,45-/m1/s1. The van der Waals surface area contributed by atoms with Crippen LogP contribution in [0, 0.1) is 0 Å². The lowest BCUT2D eigenvalue weighted by Crippen LogP contribution is -2.70. The number of hydrogen-bond acceptors (Lipinski definition) is 9. The van der Waals surface area contributed by atoms with Crippen molar-refractivity contribution in [3.63, 3.8) is 0 Å². The van der Waals surface area contributed by atoms with Gasteiger partial charge in [-0.05, 0) is 18.4 Å². The molecule has 2 rings (SSSR count). The highest BCUT2D eigenvalue weighted by atomic mass is 16.6. The van der Waals surface area contributed by atoms with Gasteiger partial charge in [0.15, 0.2) is 6.23 Å². The first kappa shape index (κ1) is 50.6. The van der Waals surface area contributed by atoms with Crippen LogP contribution in [0.1, 0.15) is 186 Å². The van der Waals surface area contributed by atoms with Crippen LogP contribution in [0.15, 0.2) is 30.3 Å². The van der Waals surface area contributed by atoms with Gasteiger partial charge in [-0.25, -0.2) is 9.69 Å². The molecule has 0 spiro atoms. The monoisotopic (exact) mass is 804 g/mol. The van der Waals surface area contributed by atoms with Crippen LogP contribution >= 0.6 is 0 Å². The van der Waals surface area contributed by atoms with Gasteiger partial charge in [-0.3, -0.25) is 9.59 Å². The van der Waals surface area contributed by atoms with Gasteiger partial charge in [-0.1, -0.05) is 192 Å². The molecule has 5 atom stereocenters. The lowest BCUT2D eigenvalue weighted by molar-refractivity contribution is -0.244. The molecular formula is C46H81N3O8. The molecule has 57 heavy (non-hydrogen) atoms. The Bertz CT molecular complexity index is 1170. The SMILES string of the molecule is CCCCCCCCCCCCCCCCCC(=O)N(CCCCCCCCCCCC)[C@@H]1O[C@H](CO)[C@H](O)[C@H](O)[C@H]1N(C(=O)CN)C(=O)OCc1ccccc1. The van der Waals surface area contributed by atoms with Gasteiger partial charge in [0, 0.05) is 13.0 Å². The van der Waals surface area contributed by atoms with Crippen molar-refractivity contribution in [3.8, 4) is 0 Å². The second-order valence-electron chi connectivity index (χ2n) is 16.2. The van der Waals surface area contributed by atoms with Crippen molar-refractivity contribution >= 4 is 17.9 Å². The fourth-order valence-corrected chi connectivity index (χ4v) is 7.85. The Morgan fingerprint density at radius 1 is 0.649 bits per heavy atom. The van der Waals surface area contributed by atoms with Crippen molar-refractivity contribution in [2.75, 3.05) is 19.7 Å². The number of rotatable bonds is 33. The number of unbranched alkanes of at least 4 members (excludes halogenated alkanes) is 23. The minimum atomic E-state index is -1.74. The van der Waals surface area contributed by atoms with E-state index in [4.69, 9.17) is 15.2 Å². The molecule has 0 bridgehead atoms. The van der Waals surface area contributed by atoms with Crippen LogP contribution in [0.5, 0.6) is 0 Å². The van der Waals surface area contributed by atoms with Gasteiger partial charge in [-0.15, -0.1) is 0 Å². The normalized spacial score (nSPS) is 19.4. The Hall–Kier alpha value is -2.57. The molecule has 1 aromatic rings. The third-order valence-corrected chi connectivity index (χ3v) is 11.4. The highest BCUT2D eigenvalue weighted by Crippen LogP contribution is 2.30. The summed E-state index contributed by atoms with van der Waals surface area (Å²) in [5, 5.41) is 32.7. The van der Waals surface area contributed by atoms with E-state index in [1.807, 2.05) is 6.07 Å². The Labute approximate surface area is 345 Å². The summed E-state index contributed by atoms with van der Waals surface area (Å²) in [5.74, 6) is -1.08. The van der Waals surface area contributed by atoms with E-state index in [1.54, 1.807) is 24.3 Å². The fourth-order valence-electron chi connectivity index (χ4n) is 7.85. The molecule has 3 amide bonds. The highest BCUT2D eigenvalue weighted by Gasteiger charge is 2.53. The van der Waals surface area contributed by atoms with Gasteiger partial charge in [0.1, 0.15) is 31.0 Å². The summed E-state index contributed by atoms with van der Waals surface area (Å²) in [6.07, 6.45) is 22.4. The minimum Gasteiger partial charge on any atom is -0.444 e. The Morgan fingerprint density at radius 2 is 1.11 bits per heavy atom. The molecular weight excluding hydrogens is 723 g/mol. The first-order valence-electron chi connectivity index (χ1n) is 22.9. The maximum atomic E-state index is 14.1. The number of imide groups is 1. The van der Waals surface area contributed by atoms with Crippen LogP contribution in [0.25, 0.3) is 0 Å². The topological polar surface area (TPSA) is 163 Å². The molecule has 1 aromatic carbocycles. The summed E-state index contributed by atoms with van der Waals surface area (Å²) < 4.78 is 11.7. The van der Waals surface area contributed by atoms with Crippen LogP contribution < -0.4 is 5.73 Å². The Balaban J connectivity index is 2.08. The molecule has 11 nitrogen and oxygen atoms in total. The summed E-state index contributed by atoms with van der Waals surface area (Å²) in [4.78, 5) is 43.4. The number of ether oxygens (including phenoxy) is 2. The number of carbonyl (C=O) groups excluding carboxylic acids is 3. The van der Waals surface area contributed by atoms with E-state index in [9.17, 15) is 29.7 Å². The first-order chi connectivity index (χ1) is 27.8. The number of aliphatic hydroxyl groups excluding tert-OH is 3. The predicted octanol–water partition coefficient (Wildman–Crippen LogP) is 8.93. The van der Waals surface area contributed by atoms with Gasteiger partial charge in [0.25, 0.3) is 0 Å². The molecule has 1 aliphatic heterocycles. The lowest BCUT2D eigenvalue weighted by Gasteiger charge is -2.49. The van der Waals surface area contributed by atoms with Crippen molar-refractivity contribution in [2.45, 2.75) is 218 Å². The van der Waals surface area contributed by atoms with Crippen LogP contribution in [-0.2, 0) is 25.7 Å². The maximum absolute atomic E-state index is 14.1. The van der Waals surface area contributed by atoms with Crippen LogP contribution in [-0.4, -0.2) is 93.3 Å². The highest BCUT2D eigenvalue weighted by molar-refractivity contribution is 5.93. The van der Waals surface area contributed by atoms with Gasteiger partial charge >= 0.3 is 6.09 Å². The van der Waals surface area contributed by atoms with Gasteiger partial charge < -0.3 is 35.4 Å². The van der Waals surface area contributed by atoms with Crippen molar-refractivity contribution in [3.05, 3.63) is 35.9 Å². The van der Waals surface area contributed by atoms with E-state index >= 15 is 0 Å². The molecule has 328 valence electrons. The average Bonchev–Trinajstić information content (AvgIpc) is 3.22. The molecule has 5 N–H and O–H groups in total. The zero-order valence-electron chi connectivity index (χ0n) is 35.8. The van der Waals surface area contributed by atoms with Crippen molar-refractivity contribution < 1.29 is 39.2 Å². The van der Waals surface area contributed by atoms with E-state index in [1.165, 1.54) is 114 Å². The van der Waals surface area contributed by atoms with E-state index in [-0.39, 0.29) is 25.5 Å².